The molecule has 0 unspecified atom stereocenters. The summed E-state index contributed by atoms with van der Waals surface area (Å²) in [7, 11) is 1.61. The van der Waals surface area contributed by atoms with E-state index in [0.717, 1.165) is 0 Å². The molecule has 0 saturated heterocycles. The number of methoxy groups -OCH3 is 1. The van der Waals surface area contributed by atoms with E-state index in [1.807, 2.05) is 6.07 Å². The second kappa shape index (κ2) is 8.19. The lowest BCUT2D eigenvalue weighted by Crippen LogP contribution is -1.96. The lowest BCUT2D eigenvalue weighted by molar-refractivity contribution is -0.106. The zero-order valence-corrected chi connectivity index (χ0v) is 8.07. The fraction of sp³-hybridized carbons (Fsp3) is 0.300. The van der Waals surface area contributed by atoms with E-state index in [-0.39, 0.29) is 12.2 Å². The van der Waals surface area contributed by atoms with Crippen LogP contribution >= 0.6 is 0 Å². The van der Waals surface area contributed by atoms with E-state index in [9.17, 15) is 4.39 Å². The number of amides is 1. The number of halogens is 1. The molecule has 0 fully saturated rings. The van der Waals surface area contributed by atoms with E-state index in [2.05, 4.69) is 5.73 Å². The van der Waals surface area contributed by atoms with Crippen molar-refractivity contribution in [3.63, 3.8) is 0 Å². The van der Waals surface area contributed by atoms with Gasteiger partial charge in [0.2, 0.25) is 6.41 Å². The number of ether oxygens (including phenoxy) is 1. The average molecular weight is 199 g/mol. The summed E-state index contributed by atoms with van der Waals surface area (Å²) in [5, 5.41) is 0. The number of carbonyl (C=O) groups excluding carboxylic acids is 1. The molecular formula is C10H14FNO2. The van der Waals surface area contributed by atoms with Crippen LogP contribution in [-0.4, -0.2) is 20.1 Å². The number of rotatable bonds is 3. The van der Waals surface area contributed by atoms with Gasteiger partial charge in [-0.15, -0.1) is 0 Å². The lowest BCUT2D eigenvalue weighted by Gasteiger charge is -2.00. The van der Waals surface area contributed by atoms with E-state index >= 15 is 0 Å². The Hall–Kier alpha value is -1.42. The third kappa shape index (κ3) is 5.27. The molecular weight excluding hydrogens is 185 g/mol. The molecule has 14 heavy (non-hydrogen) atoms. The first kappa shape index (κ1) is 12.6. The van der Waals surface area contributed by atoms with Crippen molar-refractivity contribution in [2.75, 3.05) is 13.7 Å². The van der Waals surface area contributed by atoms with Gasteiger partial charge < -0.3 is 10.5 Å². The Bertz CT molecular complexity index is 266. The molecule has 0 saturated carbocycles. The molecule has 0 radical (unpaired) electrons. The molecule has 0 aromatic heterocycles. The topological polar surface area (TPSA) is 52.3 Å². The van der Waals surface area contributed by atoms with Crippen LogP contribution in [-0.2, 0) is 16.0 Å². The highest BCUT2D eigenvalue weighted by atomic mass is 19.1. The van der Waals surface area contributed by atoms with Gasteiger partial charge in [0, 0.05) is 7.11 Å². The minimum atomic E-state index is -0.149. The molecule has 2 N–H and O–H groups in total. The Labute approximate surface area is 82.7 Å². The van der Waals surface area contributed by atoms with Gasteiger partial charge in [0.1, 0.15) is 5.82 Å². The molecule has 0 aliphatic rings. The maximum absolute atomic E-state index is 12.9. The van der Waals surface area contributed by atoms with Crippen LogP contribution in [0, 0.1) is 5.82 Å². The number of benzene rings is 1. The van der Waals surface area contributed by atoms with E-state index < -0.39 is 0 Å². The highest BCUT2D eigenvalue weighted by Gasteiger charge is 1.97. The van der Waals surface area contributed by atoms with Crippen molar-refractivity contribution in [3.8, 4) is 0 Å². The van der Waals surface area contributed by atoms with E-state index in [1.54, 1.807) is 19.2 Å². The zero-order valence-electron chi connectivity index (χ0n) is 8.07. The minimum Gasteiger partial charge on any atom is -0.384 e. The number of nitrogens with two attached hydrogens (primary N) is 1. The van der Waals surface area contributed by atoms with Gasteiger partial charge in [-0.25, -0.2) is 4.39 Å². The summed E-state index contributed by atoms with van der Waals surface area (Å²) in [6, 6.07) is 6.75. The highest BCUT2D eigenvalue weighted by molar-refractivity contribution is 5.42. The first-order chi connectivity index (χ1) is 6.76. The predicted octanol–water partition coefficient (Wildman–Crippen LogP) is 1.12. The van der Waals surface area contributed by atoms with E-state index in [1.165, 1.54) is 6.07 Å². The number of primary amides is 1. The molecule has 0 bridgehead atoms. The van der Waals surface area contributed by atoms with Gasteiger partial charge in [-0.2, -0.15) is 0 Å². The largest absolute Gasteiger partial charge is 0.384 e. The molecule has 0 aliphatic heterocycles. The Morgan fingerprint density at radius 3 is 2.57 bits per heavy atom. The third-order valence-electron chi connectivity index (χ3n) is 1.53. The number of hydrogen-bond acceptors (Lipinski definition) is 2. The smallest absolute Gasteiger partial charge is 0.204 e. The molecule has 78 valence electrons. The molecule has 0 atom stereocenters. The van der Waals surface area contributed by atoms with Crippen LogP contribution in [0.3, 0.4) is 0 Å². The SMILES string of the molecule is COCCc1ccccc1F.NC=O. The fourth-order valence-electron chi connectivity index (χ4n) is 0.913. The zero-order chi connectivity index (χ0) is 10.8. The van der Waals surface area contributed by atoms with Gasteiger partial charge in [0.15, 0.2) is 0 Å². The summed E-state index contributed by atoms with van der Waals surface area (Å²) in [5.74, 6) is -0.149. The molecule has 1 amide bonds. The molecule has 4 heteroatoms. The summed E-state index contributed by atoms with van der Waals surface area (Å²) in [6.07, 6.45) is 0.892. The Balaban J connectivity index is 0.000000500. The van der Waals surface area contributed by atoms with Crippen molar-refractivity contribution in [1.82, 2.24) is 0 Å². The first-order valence-corrected chi connectivity index (χ1v) is 4.14. The van der Waals surface area contributed by atoms with Gasteiger partial charge in [0.25, 0.3) is 0 Å². The van der Waals surface area contributed by atoms with E-state index in [4.69, 9.17) is 9.53 Å². The standard InChI is InChI=1S/C9H11FO.CH3NO/c1-11-7-6-8-4-2-3-5-9(8)10;2-1-3/h2-5H,6-7H2,1H3;1H,(H2,2,3). The van der Waals surface area contributed by atoms with Crippen LogP contribution in [0.2, 0.25) is 0 Å². The van der Waals surface area contributed by atoms with Gasteiger partial charge in [-0.1, -0.05) is 18.2 Å². The molecule has 1 rings (SSSR count). The monoisotopic (exact) mass is 199 g/mol. The molecule has 3 nitrogen and oxygen atoms in total. The first-order valence-electron chi connectivity index (χ1n) is 4.14. The molecule has 1 aromatic rings. The predicted molar refractivity (Wildman–Crippen MR) is 52.2 cm³/mol. The van der Waals surface area contributed by atoms with Crippen LogP contribution in [0.25, 0.3) is 0 Å². The van der Waals surface area contributed by atoms with Crippen LogP contribution in [0.4, 0.5) is 4.39 Å². The normalized spacial score (nSPS) is 8.71. The van der Waals surface area contributed by atoms with Crippen molar-refractivity contribution in [3.05, 3.63) is 35.6 Å². The van der Waals surface area contributed by atoms with Crippen LogP contribution in [0.15, 0.2) is 24.3 Å². The maximum Gasteiger partial charge on any atom is 0.204 e. The van der Waals surface area contributed by atoms with Crippen molar-refractivity contribution in [2.24, 2.45) is 5.73 Å². The molecule has 1 aromatic carbocycles. The highest BCUT2D eigenvalue weighted by Crippen LogP contribution is 2.06. The van der Waals surface area contributed by atoms with Crippen molar-refractivity contribution in [2.45, 2.75) is 6.42 Å². The second-order valence-electron chi connectivity index (χ2n) is 2.47. The van der Waals surface area contributed by atoms with Gasteiger partial charge >= 0.3 is 0 Å². The lowest BCUT2D eigenvalue weighted by atomic mass is 10.1. The molecule has 0 aliphatic carbocycles. The number of carbonyl (C=O) groups is 1. The van der Waals surface area contributed by atoms with Crippen molar-refractivity contribution in [1.29, 1.82) is 0 Å². The number of hydrogen-bond donors (Lipinski definition) is 1. The summed E-state index contributed by atoms with van der Waals surface area (Å²) >= 11 is 0. The molecule has 0 spiro atoms. The summed E-state index contributed by atoms with van der Waals surface area (Å²) in [4.78, 5) is 8.58. The Morgan fingerprint density at radius 1 is 1.50 bits per heavy atom. The third-order valence-corrected chi connectivity index (χ3v) is 1.53. The van der Waals surface area contributed by atoms with Crippen LogP contribution in [0.5, 0.6) is 0 Å². The maximum atomic E-state index is 12.9. The van der Waals surface area contributed by atoms with Crippen molar-refractivity contribution < 1.29 is 13.9 Å². The van der Waals surface area contributed by atoms with Gasteiger partial charge in [0.05, 0.1) is 6.61 Å². The average Bonchev–Trinajstić information content (AvgIpc) is 2.18. The fourth-order valence-corrected chi connectivity index (χ4v) is 0.913. The Morgan fingerprint density at radius 2 is 2.07 bits per heavy atom. The van der Waals surface area contributed by atoms with Crippen molar-refractivity contribution >= 4 is 6.41 Å². The minimum absolute atomic E-state index is 0.149. The Kier molecular flexibility index (Phi) is 7.36. The van der Waals surface area contributed by atoms with Gasteiger partial charge in [-0.3, -0.25) is 4.79 Å². The second-order valence-corrected chi connectivity index (χ2v) is 2.47. The summed E-state index contributed by atoms with van der Waals surface area (Å²) < 4.78 is 17.7. The van der Waals surface area contributed by atoms with E-state index in [0.29, 0.717) is 18.6 Å². The summed E-state index contributed by atoms with van der Waals surface area (Å²) in [5.41, 5.74) is 4.88. The quantitative estimate of drug-likeness (QED) is 0.741. The van der Waals surface area contributed by atoms with Crippen LogP contribution < -0.4 is 5.73 Å². The van der Waals surface area contributed by atoms with Crippen LogP contribution in [0.1, 0.15) is 5.56 Å². The molecule has 0 heterocycles. The van der Waals surface area contributed by atoms with Gasteiger partial charge in [-0.05, 0) is 18.1 Å². The summed E-state index contributed by atoms with van der Waals surface area (Å²) in [6.45, 7) is 0.570.